The van der Waals surface area contributed by atoms with Crippen molar-refractivity contribution >= 4 is 116 Å². The maximum absolute atomic E-state index is 2.51. The van der Waals surface area contributed by atoms with Crippen LogP contribution in [-0.2, 0) is 0 Å². The molecule has 0 atom stereocenters. The number of thioether (sulfide) groups is 6. The molecule has 22 heavy (non-hydrogen) atoms. The van der Waals surface area contributed by atoms with Crippen LogP contribution in [0.5, 0.6) is 0 Å². The van der Waals surface area contributed by atoms with Crippen LogP contribution in [-0.4, -0.2) is 11.5 Å². The quantitative estimate of drug-likeness (QED) is 0.192. The van der Waals surface area contributed by atoms with Crippen molar-refractivity contribution in [3.63, 3.8) is 0 Å². The van der Waals surface area contributed by atoms with Crippen LogP contribution in [0.3, 0.4) is 0 Å². The van der Waals surface area contributed by atoms with Gasteiger partial charge in [-0.15, -0.1) is 23.5 Å². The van der Waals surface area contributed by atoms with Crippen molar-refractivity contribution in [2.75, 3.05) is 11.5 Å². The lowest BCUT2D eigenvalue weighted by atomic mass is 10.4. The second-order valence-electron chi connectivity index (χ2n) is 4.51. The normalized spacial score (nSPS) is 22.4. The lowest BCUT2D eigenvalue weighted by Crippen LogP contribution is -1.77. The summed E-state index contributed by atoms with van der Waals surface area (Å²) in [5.41, 5.74) is 0. The average Bonchev–Trinajstić information content (AvgIpc) is 3.04. The van der Waals surface area contributed by atoms with E-state index in [1.54, 1.807) is 0 Å². The average molecular weight is 633 g/mol. The van der Waals surface area contributed by atoms with E-state index in [-0.39, 0.29) is 0 Å². The van der Waals surface area contributed by atoms with Crippen LogP contribution in [0.4, 0.5) is 0 Å². The number of hydrogen-bond acceptors (Lipinski definition) is 6. The van der Waals surface area contributed by atoms with E-state index < -0.39 is 0 Å². The van der Waals surface area contributed by atoms with E-state index in [0.29, 0.717) is 0 Å². The van der Waals surface area contributed by atoms with Gasteiger partial charge in [0.1, 0.15) is 0 Å². The van der Waals surface area contributed by atoms with Crippen LogP contribution in [0, 0.1) is 0 Å². The standard InChI is InChI=1S/C14H18I2S6/c1-3-5-7-17-11-9(15)19-13(21-11)14-20-10(16)12(22-14)18-8-6-4-2/h3-8H2,1-2H3/b14-13-. The van der Waals surface area contributed by atoms with Crippen molar-refractivity contribution < 1.29 is 0 Å². The smallest absolute Gasteiger partial charge is 0.0717 e. The molecular weight excluding hydrogens is 614 g/mol. The van der Waals surface area contributed by atoms with E-state index in [9.17, 15) is 0 Å². The predicted molar refractivity (Wildman–Crippen MR) is 134 cm³/mol. The molecule has 0 bridgehead atoms. The molecule has 124 valence electrons. The van der Waals surface area contributed by atoms with Crippen molar-refractivity contribution in [2.45, 2.75) is 39.5 Å². The van der Waals surface area contributed by atoms with Crippen LogP contribution in [0.15, 0.2) is 22.8 Å². The van der Waals surface area contributed by atoms with Gasteiger partial charge in [0.15, 0.2) is 0 Å². The van der Waals surface area contributed by atoms with Crippen LogP contribution in [0.1, 0.15) is 39.5 Å². The minimum atomic E-state index is 1.25. The van der Waals surface area contributed by atoms with Crippen molar-refractivity contribution in [3.8, 4) is 0 Å². The Morgan fingerprint density at radius 2 is 1.14 bits per heavy atom. The molecule has 0 unspecified atom stereocenters. The summed E-state index contributed by atoms with van der Waals surface area (Å²) in [4.78, 5) is 0. The van der Waals surface area contributed by atoms with Gasteiger partial charge in [0.25, 0.3) is 0 Å². The predicted octanol–water partition coefficient (Wildman–Crippen LogP) is 9.26. The van der Waals surface area contributed by atoms with Crippen LogP contribution < -0.4 is 0 Å². The topological polar surface area (TPSA) is 0 Å². The Labute approximate surface area is 187 Å². The van der Waals surface area contributed by atoms with Crippen molar-refractivity contribution in [1.29, 1.82) is 0 Å². The molecule has 0 saturated carbocycles. The first-order valence-corrected chi connectivity index (χ1v) is 14.6. The third kappa shape index (κ3) is 6.50. The van der Waals surface area contributed by atoms with Gasteiger partial charge in [0, 0.05) is 0 Å². The molecule has 0 nitrogen and oxygen atoms in total. The lowest BCUT2D eigenvalue weighted by Gasteiger charge is -2.03. The number of unbranched alkanes of at least 4 members (excludes halogenated alkanes) is 2. The van der Waals surface area contributed by atoms with Gasteiger partial charge in [-0.1, -0.05) is 73.7 Å². The highest BCUT2D eigenvalue weighted by Crippen LogP contribution is 2.65. The highest BCUT2D eigenvalue weighted by molar-refractivity contribution is 14.1. The fourth-order valence-corrected chi connectivity index (χ4v) is 13.3. The van der Waals surface area contributed by atoms with E-state index in [1.807, 2.05) is 70.6 Å². The van der Waals surface area contributed by atoms with Crippen LogP contribution >= 0.6 is 116 Å². The van der Waals surface area contributed by atoms with Crippen molar-refractivity contribution in [1.82, 2.24) is 0 Å². The molecule has 0 saturated heterocycles. The Hall–Kier alpha value is 2.78. The first-order chi connectivity index (χ1) is 10.7. The summed E-state index contributed by atoms with van der Waals surface area (Å²) in [5.74, 6) is 2.51. The Kier molecular flexibility index (Phi) is 11.0. The highest BCUT2D eigenvalue weighted by atomic mass is 127. The lowest BCUT2D eigenvalue weighted by molar-refractivity contribution is 0.897. The Bertz CT molecular complexity index is 454. The first-order valence-electron chi connectivity index (χ1n) is 7.16. The molecule has 0 N–H and O–H groups in total. The second-order valence-corrected chi connectivity index (χ2v) is 15.5. The number of rotatable bonds is 8. The van der Waals surface area contributed by atoms with E-state index >= 15 is 0 Å². The van der Waals surface area contributed by atoms with Gasteiger partial charge in [-0.25, -0.2) is 0 Å². The maximum atomic E-state index is 2.51. The molecule has 0 radical (unpaired) electrons. The fraction of sp³-hybridized carbons (Fsp3) is 0.571. The van der Waals surface area contributed by atoms with Crippen molar-refractivity contribution in [2.24, 2.45) is 0 Å². The number of halogens is 2. The minimum Gasteiger partial charge on any atom is -0.117 e. The molecule has 8 heteroatoms. The highest BCUT2D eigenvalue weighted by Gasteiger charge is 2.28. The second kappa shape index (κ2) is 11.5. The molecule has 2 aliphatic rings. The third-order valence-corrected chi connectivity index (χ3v) is 14.8. The summed E-state index contributed by atoms with van der Waals surface area (Å²) in [5, 5.41) is 0. The third-order valence-electron chi connectivity index (χ3n) is 2.69. The molecule has 2 aliphatic heterocycles. The molecular formula is C14H18I2S6. The summed E-state index contributed by atoms with van der Waals surface area (Å²) < 4.78 is 8.97. The monoisotopic (exact) mass is 632 g/mol. The molecule has 0 amide bonds. The van der Waals surface area contributed by atoms with E-state index in [4.69, 9.17) is 0 Å². The Morgan fingerprint density at radius 1 is 0.727 bits per heavy atom. The van der Waals surface area contributed by atoms with Gasteiger partial charge < -0.3 is 0 Å². The maximum Gasteiger partial charge on any atom is 0.0717 e. The number of hydrogen-bond donors (Lipinski definition) is 0. The zero-order chi connectivity index (χ0) is 15.9. The molecule has 2 heterocycles. The van der Waals surface area contributed by atoms with Gasteiger partial charge in [0.05, 0.1) is 22.8 Å². The molecule has 0 aromatic rings. The van der Waals surface area contributed by atoms with Gasteiger partial charge in [0.2, 0.25) is 0 Å². The fourth-order valence-electron chi connectivity index (χ4n) is 1.49. The summed E-state index contributed by atoms with van der Waals surface area (Å²) in [6, 6.07) is 0. The molecule has 2 rings (SSSR count). The van der Waals surface area contributed by atoms with Gasteiger partial charge >= 0.3 is 0 Å². The minimum absolute atomic E-state index is 1.25. The zero-order valence-corrected chi connectivity index (χ0v) is 21.7. The van der Waals surface area contributed by atoms with Gasteiger partial charge in [-0.05, 0) is 69.5 Å². The molecule has 0 aliphatic carbocycles. The van der Waals surface area contributed by atoms with E-state index in [1.165, 1.54) is 60.0 Å². The molecule has 0 spiro atoms. The molecule has 0 fully saturated rings. The Balaban J connectivity index is 1.90. The zero-order valence-electron chi connectivity index (χ0n) is 12.4. The van der Waals surface area contributed by atoms with E-state index in [0.717, 1.165) is 0 Å². The van der Waals surface area contributed by atoms with Gasteiger partial charge in [-0.2, -0.15) is 0 Å². The summed E-state index contributed by atoms with van der Waals surface area (Å²) in [6.45, 7) is 4.53. The molecule has 0 aromatic heterocycles. The summed E-state index contributed by atoms with van der Waals surface area (Å²) in [7, 11) is 0. The van der Waals surface area contributed by atoms with Gasteiger partial charge in [-0.3, -0.25) is 0 Å². The molecule has 0 aromatic carbocycles. The SMILES string of the molecule is CCCCSC1=C(I)S/C(=C2\SC(I)=C(SCCCC)S2)S1. The Morgan fingerprint density at radius 3 is 1.50 bits per heavy atom. The van der Waals surface area contributed by atoms with Crippen LogP contribution in [0.25, 0.3) is 0 Å². The summed E-state index contributed by atoms with van der Waals surface area (Å²) in [6.07, 6.45) is 5.20. The summed E-state index contributed by atoms with van der Waals surface area (Å²) >= 11 is 17.0. The van der Waals surface area contributed by atoms with Crippen LogP contribution in [0.2, 0.25) is 0 Å². The van der Waals surface area contributed by atoms with Crippen molar-refractivity contribution in [3.05, 3.63) is 22.8 Å². The largest absolute Gasteiger partial charge is 0.117 e. The first kappa shape index (κ1) is 21.1. The van der Waals surface area contributed by atoms with E-state index in [2.05, 4.69) is 59.0 Å².